The summed E-state index contributed by atoms with van der Waals surface area (Å²) >= 11 is 0. The first-order valence-electron chi connectivity index (χ1n) is 8.84. The molecule has 1 heterocycles. The molecule has 0 radical (unpaired) electrons. The lowest BCUT2D eigenvalue weighted by molar-refractivity contribution is -0.150. The summed E-state index contributed by atoms with van der Waals surface area (Å²) in [4.78, 5) is 34.9. The van der Waals surface area contributed by atoms with Gasteiger partial charge in [-0.15, -0.1) is 0 Å². The highest BCUT2D eigenvalue weighted by molar-refractivity contribution is 5.95. The number of amides is 3. The van der Waals surface area contributed by atoms with Gasteiger partial charge in [-0.1, -0.05) is 19.9 Å². The van der Waals surface area contributed by atoms with Crippen molar-refractivity contribution in [2.45, 2.75) is 33.2 Å². The molecule has 0 aliphatic rings. The third-order valence-electron chi connectivity index (χ3n) is 3.84. The van der Waals surface area contributed by atoms with E-state index in [-0.39, 0.29) is 13.2 Å². The molecule has 2 N–H and O–H groups in total. The third kappa shape index (κ3) is 6.79. The highest BCUT2D eigenvalue weighted by Gasteiger charge is 2.12. The fourth-order valence-corrected chi connectivity index (χ4v) is 2.50. The minimum absolute atomic E-state index is 0.134. The molecule has 0 saturated carbocycles. The summed E-state index contributed by atoms with van der Waals surface area (Å²) in [7, 11) is 0. The molecule has 1 aromatic carbocycles. The van der Waals surface area contributed by atoms with Gasteiger partial charge in [0.2, 0.25) is 0 Å². The quantitative estimate of drug-likeness (QED) is 0.674. The second kappa shape index (κ2) is 10.1. The van der Waals surface area contributed by atoms with Crippen LogP contribution in [0.3, 0.4) is 0 Å². The van der Waals surface area contributed by atoms with E-state index in [1.165, 1.54) is 11.8 Å². The maximum atomic E-state index is 11.7. The number of nitrogens with one attached hydrogen (secondary N) is 2. The molecule has 2 aromatic rings. The number of esters is 1. The Balaban J connectivity index is 1.66. The van der Waals surface area contributed by atoms with Gasteiger partial charge in [-0.05, 0) is 48.2 Å². The molecule has 0 aliphatic carbocycles. The van der Waals surface area contributed by atoms with Crippen LogP contribution >= 0.6 is 0 Å². The number of urea groups is 1. The van der Waals surface area contributed by atoms with Gasteiger partial charge in [0.1, 0.15) is 11.5 Å². The van der Waals surface area contributed by atoms with Gasteiger partial charge < -0.3 is 19.2 Å². The van der Waals surface area contributed by atoms with E-state index in [1.807, 2.05) is 24.4 Å². The molecular weight excluding hydrogens is 364 g/mol. The van der Waals surface area contributed by atoms with Crippen molar-refractivity contribution in [3.8, 4) is 5.75 Å². The number of imide groups is 1. The summed E-state index contributed by atoms with van der Waals surface area (Å²) in [6, 6.07) is 8.23. The van der Waals surface area contributed by atoms with Gasteiger partial charge >= 0.3 is 12.0 Å². The first-order chi connectivity index (χ1) is 13.3. The van der Waals surface area contributed by atoms with Crippen molar-refractivity contribution in [2.75, 3.05) is 13.2 Å². The van der Waals surface area contributed by atoms with Crippen molar-refractivity contribution >= 4 is 17.9 Å². The molecule has 8 heteroatoms. The van der Waals surface area contributed by atoms with Gasteiger partial charge in [0.15, 0.2) is 13.2 Å². The van der Waals surface area contributed by atoms with Crippen molar-refractivity contribution < 1.29 is 28.3 Å². The predicted octanol–water partition coefficient (Wildman–Crippen LogP) is 2.66. The number of carbonyl (C=O) groups excluding carboxylic acids is 3. The summed E-state index contributed by atoms with van der Waals surface area (Å²) in [6.45, 7) is 5.39. The zero-order chi connectivity index (χ0) is 20.5. The summed E-state index contributed by atoms with van der Waals surface area (Å²) < 4.78 is 15.2. The second-order valence-corrected chi connectivity index (χ2v) is 6.43. The van der Waals surface area contributed by atoms with Crippen LogP contribution in [0.5, 0.6) is 5.75 Å². The van der Waals surface area contributed by atoms with Gasteiger partial charge in [0.05, 0.1) is 12.8 Å². The molecule has 0 unspecified atom stereocenters. The zero-order valence-corrected chi connectivity index (χ0v) is 16.1. The number of carbonyl (C=O) groups is 3. The second-order valence-electron chi connectivity index (χ2n) is 6.43. The molecule has 0 bridgehead atoms. The number of benzene rings is 1. The molecule has 2 rings (SSSR count). The van der Waals surface area contributed by atoms with Gasteiger partial charge in [-0.25, -0.2) is 9.59 Å². The highest BCUT2D eigenvalue weighted by atomic mass is 16.6. The number of furan rings is 1. The molecule has 0 saturated heterocycles. The molecule has 0 aliphatic heterocycles. The van der Waals surface area contributed by atoms with Crippen LogP contribution in [0, 0.1) is 6.92 Å². The number of aryl methyl sites for hydroxylation is 1. The average Bonchev–Trinajstić information content (AvgIpc) is 3.16. The lowest BCUT2D eigenvalue weighted by atomic mass is 9.98. The largest absolute Gasteiger partial charge is 0.482 e. The summed E-state index contributed by atoms with van der Waals surface area (Å²) in [5.74, 6) is 0.0245. The van der Waals surface area contributed by atoms with Gasteiger partial charge in [-0.3, -0.25) is 10.1 Å². The van der Waals surface area contributed by atoms with E-state index in [2.05, 4.69) is 19.2 Å². The maximum absolute atomic E-state index is 11.7. The molecule has 28 heavy (non-hydrogen) atoms. The molecule has 0 fully saturated rings. The van der Waals surface area contributed by atoms with Crippen molar-refractivity contribution in [1.82, 2.24) is 10.6 Å². The van der Waals surface area contributed by atoms with Gasteiger partial charge in [0, 0.05) is 0 Å². The number of rotatable bonds is 8. The first-order valence-corrected chi connectivity index (χ1v) is 8.84. The molecular formula is C20H24N2O6. The molecule has 8 nitrogen and oxygen atoms in total. The van der Waals surface area contributed by atoms with E-state index >= 15 is 0 Å². The minimum Gasteiger partial charge on any atom is -0.482 e. The van der Waals surface area contributed by atoms with E-state index in [1.54, 1.807) is 18.2 Å². The predicted molar refractivity (Wildman–Crippen MR) is 101 cm³/mol. The Morgan fingerprint density at radius 2 is 1.93 bits per heavy atom. The Hall–Kier alpha value is -3.29. The topological polar surface area (TPSA) is 107 Å². The van der Waals surface area contributed by atoms with E-state index in [4.69, 9.17) is 13.9 Å². The minimum atomic E-state index is -0.748. The molecule has 0 spiro atoms. The lowest BCUT2D eigenvalue weighted by Crippen LogP contribution is -2.41. The summed E-state index contributed by atoms with van der Waals surface area (Å²) in [5.41, 5.74) is 2.28. The Morgan fingerprint density at radius 1 is 1.14 bits per heavy atom. The lowest BCUT2D eigenvalue weighted by Gasteiger charge is -2.12. The van der Waals surface area contributed by atoms with Crippen LogP contribution in [-0.4, -0.2) is 31.1 Å². The number of hydrogen-bond donors (Lipinski definition) is 2. The SMILES string of the molecule is Cc1cc(OCC(=O)OCC(=O)NC(=O)NCc2ccco2)ccc1C(C)C. The molecule has 1 aromatic heterocycles. The van der Waals surface area contributed by atoms with Crippen LogP contribution in [-0.2, 0) is 20.9 Å². The third-order valence-corrected chi connectivity index (χ3v) is 3.84. The smallest absolute Gasteiger partial charge is 0.344 e. The van der Waals surface area contributed by atoms with Crippen LogP contribution in [0.15, 0.2) is 41.0 Å². The molecule has 150 valence electrons. The van der Waals surface area contributed by atoms with Crippen LogP contribution < -0.4 is 15.4 Å². The highest BCUT2D eigenvalue weighted by Crippen LogP contribution is 2.23. The number of hydrogen-bond acceptors (Lipinski definition) is 6. The van der Waals surface area contributed by atoms with Crippen molar-refractivity contribution in [1.29, 1.82) is 0 Å². The van der Waals surface area contributed by atoms with Crippen LogP contribution in [0.2, 0.25) is 0 Å². The van der Waals surface area contributed by atoms with Gasteiger partial charge in [0.25, 0.3) is 5.91 Å². The fraction of sp³-hybridized carbons (Fsp3) is 0.350. The van der Waals surface area contributed by atoms with Crippen LogP contribution in [0.25, 0.3) is 0 Å². The number of ether oxygens (including phenoxy) is 2. The summed E-state index contributed by atoms with van der Waals surface area (Å²) in [6.07, 6.45) is 1.47. The zero-order valence-electron chi connectivity index (χ0n) is 16.1. The Kier molecular flexibility index (Phi) is 7.62. The van der Waals surface area contributed by atoms with E-state index in [0.29, 0.717) is 17.4 Å². The first kappa shape index (κ1) is 21.0. The van der Waals surface area contributed by atoms with Crippen LogP contribution in [0.1, 0.15) is 36.7 Å². The van der Waals surface area contributed by atoms with Crippen molar-refractivity contribution in [2.24, 2.45) is 0 Å². The van der Waals surface area contributed by atoms with Crippen LogP contribution in [0.4, 0.5) is 4.79 Å². The normalized spacial score (nSPS) is 10.4. The van der Waals surface area contributed by atoms with E-state index in [0.717, 1.165) is 5.56 Å². The summed E-state index contributed by atoms with van der Waals surface area (Å²) in [5, 5.41) is 4.49. The van der Waals surface area contributed by atoms with Crippen molar-refractivity contribution in [3.63, 3.8) is 0 Å². The fourth-order valence-electron chi connectivity index (χ4n) is 2.50. The Morgan fingerprint density at radius 3 is 2.57 bits per heavy atom. The van der Waals surface area contributed by atoms with Gasteiger partial charge in [-0.2, -0.15) is 0 Å². The molecule has 3 amide bonds. The molecule has 0 atom stereocenters. The maximum Gasteiger partial charge on any atom is 0.344 e. The Bertz CT molecular complexity index is 814. The van der Waals surface area contributed by atoms with E-state index in [9.17, 15) is 14.4 Å². The monoisotopic (exact) mass is 388 g/mol. The average molecular weight is 388 g/mol. The van der Waals surface area contributed by atoms with Crippen molar-refractivity contribution in [3.05, 3.63) is 53.5 Å². The van der Waals surface area contributed by atoms with E-state index < -0.39 is 24.5 Å². The standard InChI is InChI=1S/C20H24N2O6/c1-13(2)17-7-6-15(9-14(17)3)27-12-19(24)28-11-18(23)22-20(25)21-10-16-5-4-8-26-16/h4-9,13H,10-12H2,1-3H3,(H2,21,22,23,25). The Labute approximate surface area is 163 Å².